The summed E-state index contributed by atoms with van der Waals surface area (Å²) in [5.74, 6) is 2.12. The molecule has 0 aromatic heterocycles. The summed E-state index contributed by atoms with van der Waals surface area (Å²) in [7, 11) is 0. The van der Waals surface area contributed by atoms with Gasteiger partial charge in [-0.3, -0.25) is 4.84 Å². The lowest BCUT2D eigenvalue weighted by Gasteiger charge is -2.21. The van der Waals surface area contributed by atoms with Gasteiger partial charge in [-0.15, -0.1) is 0 Å². The first-order valence-electron chi connectivity index (χ1n) is 3.59. The number of ether oxygens (including phenoxy) is 1. The van der Waals surface area contributed by atoms with Crippen LogP contribution in [0.25, 0.3) is 0 Å². The predicted octanol–water partition coefficient (Wildman–Crippen LogP) is -0.328. The summed E-state index contributed by atoms with van der Waals surface area (Å²) in [4.78, 5) is 25.3. The molecule has 0 aliphatic heterocycles. The van der Waals surface area contributed by atoms with Gasteiger partial charge in [-0.2, -0.15) is 0 Å². The van der Waals surface area contributed by atoms with Crippen molar-refractivity contribution in [2.75, 3.05) is 0 Å². The highest BCUT2D eigenvalue weighted by atomic mass is 16.7. The second kappa shape index (κ2) is 4.20. The standard InChI is InChI=1S/C7H13NO5/c1-7(2,3)12-6(11)4(13-8)5(9)10/h4H,8H2,1-3H3,(H,9,10). The van der Waals surface area contributed by atoms with Gasteiger partial charge in [-0.05, 0) is 20.8 Å². The van der Waals surface area contributed by atoms with Gasteiger partial charge in [0.1, 0.15) is 5.60 Å². The molecule has 13 heavy (non-hydrogen) atoms. The van der Waals surface area contributed by atoms with Crippen LogP contribution in [0.1, 0.15) is 20.8 Å². The third-order valence-corrected chi connectivity index (χ3v) is 0.981. The van der Waals surface area contributed by atoms with Crippen molar-refractivity contribution in [3.8, 4) is 0 Å². The molecule has 0 aliphatic rings. The molecule has 0 amide bonds. The van der Waals surface area contributed by atoms with Gasteiger partial charge in [0.2, 0.25) is 0 Å². The molecule has 0 aliphatic carbocycles. The average Bonchev–Trinajstić information content (AvgIpc) is 1.82. The van der Waals surface area contributed by atoms with E-state index in [-0.39, 0.29) is 0 Å². The van der Waals surface area contributed by atoms with Crippen molar-refractivity contribution in [2.45, 2.75) is 32.5 Å². The highest BCUT2D eigenvalue weighted by Gasteiger charge is 2.31. The van der Waals surface area contributed by atoms with Crippen molar-refractivity contribution >= 4 is 11.9 Å². The Balaban J connectivity index is 4.32. The predicted molar refractivity (Wildman–Crippen MR) is 42.5 cm³/mol. The van der Waals surface area contributed by atoms with E-state index in [4.69, 9.17) is 9.84 Å². The summed E-state index contributed by atoms with van der Waals surface area (Å²) in [5, 5.41) is 8.43. The molecule has 0 aromatic rings. The summed E-state index contributed by atoms with van der Waals surface area (Å²) in [5.41, 5.74) is -0.761. The third-order valence-electron chi connectivity index (χ3n) is 0.981. The molecule has 0 aromatic carbocycles. The quantitative estimate of drug-likeness (QED) is 0.360. The largest absolute Gasteiger partial charge is 0.479 e. The van der Waals surface area contributed by atoms with Crippen molar-refractivity contribution in [1.82, 2.24) is 0 Å². The first-order chi connectivity index (χ1) is 5.78. The van der Waals surface area contributed by atoms with Crippen molar-refractivity contribution in [2.24, 2.45) is 5.90 Å². The van der Waals surface area contributed by atoms with Crippen molar-refractivity contribution in [3.05, 3.63) is 0 Å². The number of carbonyl (C=O) groups excluding carboxylic acids is 1. The van der Waals surface area contributed by atoms with Crippen molar-refractivity contribution in [3.63, 3.8) is 0 Å². The molecule has 76 valence electrons. The van der Waals surface area contributed by atoms with Crippen LogP contribution >= 0.6 is 0 Å². The Morgan fingerprint density at radius 2 is 1.85 bits per heavy atom. The summed E-state index contributed by atoms with van der Waals surface area (Å²) < 4.78 is 4.73. The highest BCUT2D eigenvalue weighted by molar-refractivity contribution is 5.97. The van der Waals surface area contributed by atoms with E-state index in [9.17, 15) is 9.59 Å². The molecule has 1 unspecified atom stereocenters. The number of esters is 1. The SMILES string of the molecule is CC(C)(C)OC(=O)C(ON)C(=O)O. The number of carboxylic acids is 1. The summed E-state index contributed by atoms with van der Waals surface area (Å²) >= 11 is 0. The molecule has 0 fully saturated rings. The van der Waals surface area contributed by atoms with Crippen molar-refractivity contribution < 1.29 is 24.3 Å². The Morgan fingerprint density at radius 3 is 2.08 bits per heavy atom. The van der Waals surface area contributed by atoms with Gasteiger partial charge in [0, 0.05) is 0 Å². The summed E-state index contributed by atoms with van der Waals surface area (Å²) in [6, 6.07) is 0. The first-order valence-corrected chi connectivity index (χ1v) is 3.59. The zero-order chi connectivity index (χ0) is 10.6. The fourth-order valence-corrected chi connectivity index (χ4v) is 0.570. The molecule has 6 heteroatoms. The number of carboxylic acid groups (broad SMARTS) is 1. The lowest BCUT2D eigenvalue weighted by Crippen LogP contribution is -2.40. The van der Waals surface area contributed by atoms with Crippen LogP contribution in [0.15, 0.2) is 0 Å². The first kappa shape index (κ1) is 11.9. The normalized spacial score (nSPS) is 13.5. The van der Waals surface area contributed by atoms with Gasteiger partial charge in [0.25, 0.3) is 6.10 Å². The molecule has 0 rings (SSSR count). The van der Waals surface area contributed by atoms with E-state index in [1.54, 1.807) is 20.8 Å². The van der Waals surface area contributed by atoms with Crippen LogP contribution in [0.3, 0.4) is 0 Å². The number of carbonyl (C=O) groups is 2. The number of hydrogen-bond donors (Lipinski definition) is 2. The van der Waals surface area contributed by atoms with Crippen LogP contribution in [0.4, 0.5) is 0 Å². The summed E-state index contributed by atoms with van der Waals surface area (Å²) in [6.07, 6.45) is -1.76. The number of hydrogen-bond acceptors (Lipinski definition) is 5. The van der Waals surface area contributed by atoms with E-state index in [0.29, 0.717) is 0 Å². The fraction of sp³-hybridized carbons (Fsp3) is 0.714. The monoisotopic (exact) mass is 191 g/mol. The molecule has 0 saturated carbocycles. The minimum Gasteiger partial charge on any atom is -0.479 e. The van der Waals surface area contributed by atoms with E-state index < -0.39 is 23.6 Å². The molecule has 3 N–H and O–H groups in total. The topological polar surface area (TPSA) is 98.9 Å². The van der Waals surface area contributed by atoms with Crippen LogP contribution in [0.5, 0.6) is 0 Å². The molecular formula is C7H13NO5. The molecule has 0 bridgehead atoms. The highest BCUT2D eigenvalue weighted by Crippen LogP contribution is 2.09. The molecule has 0 heterocycles. The Morgan fingerprint density at radius 1 is 1.38 bits per heavy atom. The van der Waals surface area contributed by atoms with E-state index in [2.05, 4.69) is 10.7 Å². The second-order valence-electron chi connectivity index (χ2n) is 3.39. The van der Waals surface area contributed by atoms with Gasteiger partial charge >= 0.3 is 11.9 Å². The smallest absolute Gasteiger partial charge is 0.349 e. The van der Waals surface area contributed by atoms with Crippen LogP contribution < -0.4 is 5.90 Å². The molecule has 0 radical (unpaired) electrons. The number of rotatable bonds is 3. The zero-order valence-corrected chi connectivity index (χ0v) is 7.73. The Kier molecular flexibility index (Phi) is 3.83. The maximum Gasteiger partial charge on any atom is 0.349 e. The van der Waals surface area contributed by atoms with Gasteiger partial charge in [-0.1, -0.05) is 0 Å². The zero-order valence-electron chi connectivity index (χ0n) is 7.73. The fourth-order valence-electron chi connectivity index (χ4n) is 0.570. The Labute approximate surface area is 75.6 Å². The maximum atomic E-state index is 11.0. The van der Waals surface area contributed by atoms with Gasteiger partial charge in [0.05, 0.1) is 0 Å². The molecule has 6 nitrogen and oxygen atoms in total. The minimum atomic E-state index is -1.76. The Bertz CT molecular complexity index is 207. The summed E-state index contributed by atoms with van der Waals surface area (Å²) in [6.45, 7) is 4.83. The molecule has 1 atom stereocenters. The maximum absolute atomic E-state index is 11.0. The van der Waals surface area contributed by atoms with E-state index in [0.717, 1.165) is 0 Å². The number of aliphatic carboxylic acids is 1. The van der Waals surface area contributed by atoms with E-state index in [1.165, 1.54) is 0 Å². The van der Waals surface area contributed by atoms with Gasteiger partial charge in [-0.25, -0.2) is 15.5 Å². The lowest BCUT2D eigenvalue weighted by atomic mass is 10.2. The van der Waals surface area contributed by atoms with Crippen LogP contribution in [-0.4, -0.2) is 28.8 Å². The van der Waals surface area contributed by atoms with Crippen LogP contribution in [0.2, 0.25) is 0 Å². The van der Waals surface area contributed by atoms with Crippen molar-refractivity contribution in [1.29, 1.82) is 0 Å². The molecular weight excluding hydrogens is 178 g/mol. The minimum absolute atomic E-state index is 0.761. The third kappa shape index (κ3) is 4.44. The molecule has 0 spiro atoms. The van der Waals surface area contributed by atoms with Gasteiger partial charge in [0.15, 0.2) is 0 Å². The average molecular weight is 191 g/mol. The van der Waals surface area contributed by atoms with E-state index >= 15 is 0 Å². The number of nitrogens with two attached hydrogens (primary N) is 1. The van der Waals surface area contributed by atoms with Crippen LogP contribution in [0, 0.1) is 0 Å². The van der Waals surface area contributed by atoms with Crippen LogP contribution in [-0.2, 0) is 19.2 Å². The molecule has 0 saturated heterocycles. The van der Waals surface area contributed by atoms with E-state index in [1.807, 2.05) is 0 Å². The second-order valence-corrected chi connectivity index (χ2v) is 3.39. The van der Waals surface area contributed by atoms with Gasteiger partial charge < -0.3 is 9.84 Å². The lowest BCUT2D eigenvalue weighted by molar-refractivity contribution is -0.177. The Hall–Kier alpha value is -1.14.